The average Bonchev–Trinajstić information content (AvgIpc) is 0.918. The minimum Gasteiger partial charge on any atom is -0.0776 e. The first-order valence-corrected chi connectivity index (χ1v) is 0.309. The summed E-state index contributed by atoms with van der Waals surface area (Å²) in [6.07, 6.45) is 0. The van der Waals surface area contributed by atoms with Crippen molar-refractivity contribution in [3.05, 3.63) is 0 Å². The van der Waals surface area contributed by atoms with Crippen molar-refractivity contribution in [1.82, 2.24) is 0 Å². The predicted molar refractivity (Wildman–Crippen MR) is 10.0 cm³/mol. The largest absolute Gasteiger partial charge is 0.0776 e. The fourth-order valence-corrected chi connectivity index (χ4v) is 0. The highest BCUT2D eigenvalue weighted by atomic mass is 19.6. The van der Waals surface area contributed by atoms with Crippen LogP contribution in [-0.2, 0) is 5.15 Å². The van der Waals surface area contributed by atoms with Crippen LogP contribution >= 0.6 is 0 Å². The molecular weight excluding hydrogens is 66.0 g/mol. The molecule has 0 aromatic rings. The Hall–Kier alpha value is -0.180. The molecule has 0 atom stereocenters. The lowest BCUT2D eigenvalue weighted by Crippen LogP contribution is -1.26. The molecule has 1 nitrogen and oxygen atoms in total. The topological polar surface area (TPSA) is 9.23 Å². The molecule has 4 heavy (non-hydrogen) atoms. The molecule has 0 aliphatic rings. The Morgan fingerprint density at radius 1 is 1.25 bits per heavy atom. The van der Waals surface area contributed by atoms with Crippen molar-refractivity contribution in [2.24, 2.45) is 0 Å². The van der Waals surface area contributed by atoms with Crippen LogP contribution in [0.25, 0.3) is 0 Å². The molecule has 0 fully saturated rings. The average molecular weight is 70.0 g/mol. The fraction of sp³-hybridized carbons (Fsp3) is 1.00. The highest BCUT2D eigenvalue weighted by Crippen LogP contribution is 1.61. The smallest absolute Gasteiger partial charge is 0.0209 e. The molecule has 0 aliphatic carbocycles. The molecule has 0 saturated carbocycles. The van der Waals surface area contributed by atoms with Crippen molar-refractivity contribution < 1.29 is 14.2 Å². The lowest BCUT2D eigenvalue weighted by atomic mass is 12.0. The van der Waals surface area contributed by atoms with Gasteiger partial charge in [-0.25, -0.2) is 0 Å². The molecule has 0 unspecified atom stereocenters. The van der Waals surface area contributed by atoms with E-state index in [1.807, 2.05) is 0 Å². The van der Waals surface area contributed by atoms with E-state index in [-0.39, 0.29) is 7.43 Å². The van der Waals surface area contributed by atoms with Crippen molar-refractivity contribution >= 4 is 0 Å². The van der Waals surface area contributed by atoms with Crippen LogP contribution < -0.4 is 0 Å². The zero-order valence-electron chi connectivity index (χ0n) is 1.16. The van der Waals surface area contributed by atoms with Crippen molar-refractivity contribution in [3.8, 4) is 0 Å². The summed E-state index contributed by atoms with van der Waals surface area (Å²) in [7, 11) is 0. The molecular formula is CH4F2O. The van der Waals surface area contributed by atoms with Gasteiger partial charge in [0, 0.05) is 5.15 Å². The minimum absolute atomic E-state index is 0. The van der Waals surface area contributed by atoms with Gasteiger partial charge in [0.05, 0.1) is 0 Å². The molecule has 28 valence electrons. The first kappa shape index (κ1) is 9.17. The molecule has 0 amide bonds. The van der Waals surface area contributed by atoms with Gasteiger partial charge >= 0.3 is 0 Å². The van der Waals surface area contributed by atoms with Gasteiger partial charge in [0.1, 0.15) is 0 Å². The van der Waals surface area contributed by atoms with Crippen LogP contribution in [0.3, 0.4) is 0 Å². The van der Waals surface area contributed by atoms with Gasteiger partial charge in [-0.2, -0.15) is 0 Å². The lowest BCUT2D eigenvalue weighted by molar-refractivity contribution is -0.317. The number of rotatable bonds is 0. The molecule has 0 aromatic heterocycles. The highest BCUT2D eigenvalue weighted by molar-refractivity contribution is 2.51. The summed E-state index contributed by atoms with van der Waals surface area (Å²) in [5, 5.41) is 1.25. The van der Waals surface area contributed by atoms with Gasteiger partial charge in [-0.3, -0.25) is 0 Å². The van der Waals surface area contributed by atoms with Crippen molar-refractivity contribution in [1.29, 1.82) is 0 Å². The van der Waals surface area contributed by atoms with Crippen LogP contribution in [0.2, 0.25) is 0 Å². The molecule has 0 aromatic carbocycles. The quantitative estimate of drug-likeness (QED) is 0.418. The first-order valence-electron chi connectivity index (χ1n) is 0.309. The summed E-state index contributed by atoms with van der Waals surface area (Å²) in [6.45, 7) is 0. The van der Waals surface area contributed by atoms with Crippen molar-refractivity contribution in [2.45, 2.75) is 7.43 Å². The number of hydrogen-bond acceptors (Lipinski definition) is 1. The van der Waals surface area contributed by atoms with E-state index in [1.165, 1.54) is 5.15 Å². The van der Waals surface area contributed by atoms with Crippen LogP contribution in [-0.4, -0.2) is 0 Å². The standard InChI is InChI=1S/CH4.F2O/c;1-3-2/h1H4;. The third kappa shape index (κ3) is 37.8. The van der Waals surface area contributed by atoms with Gasteiger partial charge in [0.25, 0.3) is 0 Å². The minimum atomic E-state index is 0. The zero-order valence-corrected chi connectivity index (χ0v) is 1.16. The molecule has 0 bridgehead atoms. The van der Waals surface area contributed by atoms with E-state index >= 15 is 0 Å². The second-order valence-electron chi connectivity index (χ2n) is 0.0583. The summed E-state index contributed by atoms with van der Waals surface area (Å²) >= 11 is 0. The summed E-state index contributed by atoms with van der Waals surface area (Å²) in [4.78, 5) is 0. The van der Waals surface area contributed by atoms with Gasteiger partial charge in [-0.1, -0.05) is 7.43 Å². The number of hydrogen-bond donors (Lipinski definition) is 0. The first-order chi connectivity index (χ1) is 1.41. The Balaban J connectivity index is 0. The Morgan fingerprint density at radius 3 is 1.25 bits per heavy atom. The maximum absolute atomic E-state index is 9.12. The van der Waals surface area contributed by atoms with Crippen molar-refractivity contribution in [3.63, 3.8) is 0 Å². The summed E-state index contributed by atoms with van der Waals surface area (Å²) in [6, 6.07) is 0. The monoisotopic (exact) mass is 70.0 g/mol. The Kier molecular flexibility index (Phi) is 31.9. The van der Waals surface area contributed by atoms with Crippen LogP contribution in [0.5, 0.6) is 0 Å². The summed E-state index contributed by atoms with van der Waals surface area (Å²) in [5.41, 5.74) is 0. The Bertz CT molecular complexity index is 6.00. The van der Waals surface area contributed by atoms with Gasteiger partial charge in [0.2, 0.25) is 0 Å². The van der Waals surface area contributed by atoms with Crippen molar-refractivity contribution in [2.75, 3.05) is 0 Å². The van der Waals surface area contributed by atoms with Gasteiger partial charge < -0.3 is 0 Å². The SMILES string of the molecule is C.FOF. The normalized spacial score (nSPS) is 4.50. The van der Waals surface area contributed by atoms with Gasteiger partial charge in [-0.15, -0.1) is 0 Å². The third-order valence-corrected chi connectivity index (χ3v) is 0. The van der Waals surface area contributed by atoms with E-state index in [0.29, 0.717) is 0 Å². The molecule has 0 rings (SSSR count). The lowest BCUT2D eigenvalue weighted by Gasteiger charge is -1.41. The van der Waals surface area contributed by atoms with Crippen LogP contribution in [0, 0.1) is 0 Å². The molecule has 0 saturated heterocycles. The maximum atomic E-state index is 9.12. The van der Waals surface area contributed by atoms with E-state index in [2.05, 4.69) is 0 Å². The van der Waals surface area contributed by atoms with Gasteiger partial charge in [-0.05, 0) is 9.05 Å². The molecule has 0 aliphatic heterocycles. The fourth-order valence-electron chi connectivity index (χ4n) is 0. The molecule has 3 heteroatoms. The second-order valence-corrected chi connectivity index (χ2v) is 0.0583. The highest BCUT2D eigenvalue weighted by Gasteiger charge is 1.42. The molecule has 0 N–H and O–H groups in total. The van der Waals surface area contributed by atoms with Crippen LogP contribution in [0.1, 0.15) is 7.43 Å². The van der Waals surface area contributed by atoms with Gasteiger partial charge in [0.15, 0.2) is 0 Å². The predicted octanol–water partition coefficient (Wildman–Crippen LogP) is 1.41. The van der Waals surface area contributed by atoms with Crippen LogP contribution in [0.4, 0.5) is 9.05 Å². The second kappa shape index (κ2) is 13.9. The Morgan fingerprint density at radius 2 is 1.25 bits per heavy atom. The number of halogens is 2. The molecule has 0 heterocycles. The molecule has 0 spiro atoms. The van der Waals surface area contributed by atoms with Crippen LogP contribution in [0.15, 0.2) is 0 Å². The van der Waals surface area contributed by atoms with E-state index in [1.54, 1.807) is 0 Å². The van der Waals surface area contributed by atoms with E-state index in [4.69, 9.17) is 9.05 Å². The van der Waals surface area contributed by atoms with E-state index in [9.17, 15) is 0 Å². The molecule has 0 radical (unpaired) electrons. The Labute approximate surface area is 23.0 Å². The van der Waals surface area contributed by atoms with E-state index in [0.717, 1.165) is 0 Å². The van der Waals surface area contributed by atoms with E-state index < -0.39 is 0 Å². The maximum Gasteiger partial charge on any atom is 0.0209 e. The zero-order chi connectivity index (χ0) is 2.71. The summed E-state index contributed by atoms with van der Waals surface area (Å²) < 4.78 is 18.2. The summed E-state index contributed by atoms with van der Waals surface area (Å²) in [5.74, 6) is 0. The third-order valence-electron chi connectivity index (χ3n) is 0.